The molecule has 0 radical (unpaired) electrons. The van der Waals surface area contributed by atoms with Gasteiger partial charge in [0.15, 0.2) is 5.96 Å². The summed E-state index contributed by atoms with van der Waals surface area (Å²) in [6.07, 6.45) is 5.42. The third kappa shape index (κ3) is 5.40. The molecule has 7 heteroatoms. The number of nitrogens with one attached hydrogen (secondary N) is 3. The molecule has 0 spiro atoms. The molecule has 170 valence electrons. The van der Waals surface area contributed by atoms with Crippen molar-refractivity contribution in [2.24, 2.45) is 4.99 Å². The van der Waals surface area contributed by atoms with Gasteiger partial charge in [-0.25, -0.2) is 4.98 Å². The summed E-state index contributed by atoms with van der Waals surface area (Å²) >= 11 is 0. The Labute approximate surface area is 190 Å². The molecular formula is C25H34N6O. The number of hydrogen-bond donors (Lipinski definition) is 3. The van der Waals surface area contributed by atoms with Crippen molar-refractivity contribution in [3.05, 3.63) is 59.4 Å². The first kappa shape index (κ1) is 22.1. The van der Waals surface area contributed by atoms with Crippen LogP contribution in [0.2, 0.25) is 0 Å². The number of aryl methyl sites for hydroxylation is 1. The average molecular weight is 435 g/mol. The average Bonchev–Trinajstić information content (AvgIpc) is 3.17. The Morgan fingerprint density at radius 2 is 2.00 bits per heavy atom. The number of guanidine groups is 1. The SMILES string of the molecule is CN=C(NCCc1c[nH]c2cc(C)ccc12)NCc1ccc(N2CC(C)OC(C)C2)nc1. The van der Waals surface area contributed by atoms with E-state index >= 15 is 0 Å². The highest BCUT2D eigenvalue weighted by Gasteiger charge is 2.22. The summed E-state index contributed by atoms with van der Waals surface area (Å²) in [4.78, 5) is 14.7. The van der Waals surface area contributed by atoms with E-state index in [0.29, 0.717) is 6.54 Å². The number of fused-ring (bicyclic) bond motifs is 1. The molecule has 0 saturated carbocycles. The number of benzene rings is 1. The fraction of sp³-hybridized carbons (Fsp3) is 0.440. The number of ether oxygens (including phenoxy) is 1. The zero-order valence-electron chi connectivity index (χ0n) is 19.5. The van der Waals surface area contributed by atoms with Gasteiger partial charge in [0.2, 0.25) is 0 Å². The third-order valence-electron chi connectivity index (χ3n) is 5.85. The Hall–Kier alpha value is -3.06. The molecule has 1 saturated heterocycles. The normalized spacial score (nSPS) is 19.4. The lowest BCUT2D eigenvalue weighted by atomic mass is 10.1. The minimum Gasteiger partial charge on any atom is -0.372 e. The molecule has 1 aromatic carbocycles. The minimum atomic E-state index is 0.227. The van der Waals surface area contributed by atoms with Crippen LogP contribution in [0.4, 0.5) is 5.82 Å². The molecule has 2 aromatic heterocycles. The lowest BCUT2D eigenvalue weighted by Gasteiger charge is -2.36. The van der Waals surface area contributed by atoms with Crippen molar-refractivity contribution in [3.8, 4) is 0 Å². The van der Waals surface area contributed by atoms with E-state index in [9.17, 15) is 0 Å². The van der Waals surface area contributed by atoms with Crippen molar-refractivity contribution in [2.45, 2.75) is 45.9 Å². The summed E-state index contributed by atoms with van der Waals surface area (Å²) in [6.45, 7) is 9.57. The number of anilines is 1. The highest BCUT2D eigenvalue weighted by atomic mass is 16.5. The van der Waals surface area contributed by atoms with E-state index in [4.69, 9.17) is 4.74 Å². The molecule has 7 nitrogen and oxygen atoms in total. The molecule has 1 aliphatic heterocycles. The molecule has 3 aromatic rings. The van der Waals surface area contributed by atoms with Crippen LogP contribution in [0.3, 0.4) is 0 Å². The molecule has 2 atom stereocenters. The maximum Gasteiger partial charge on any atom is 0.191 e. The van der Waals surface area contributed by atoms with Crippen LogP contribution in [0.25, 0.3) is 10.9 Å². The van der Waals surface area contributed by atoms with Gasteiger partial charge in [-0.1, -0.05) is 18.2 Å². The molecule has 1 fully saturated rings. The summed E-state index contributed by atoms with van der Waals surface area (Å²) < 4.78 is 5.82. The fourth-order valence-corrected chi connectivity index (χ4v) is 4.30. The van der Waals surface area contributed by atoms with Crippen molar-refractivity contribution < 1.29 is 4.74 Å². The molecule has 0 bridgehead atoms. The van der Waals surface area contributed by atoms with Gasteiger partial charge in [-0.05, 0) is 56.0 Å². The van der Waals surface area contributed by atoms with Crippen molar-refractivity contribution in [1.29, 1.82) is 0 Å². The molecule has 0 aliphatic carbocycles. The predicted molar refractivity (Wildman–Crippen MR) is 131 cm³/mol. The van der Waals surface area contributed by atoms with Crippen molar-refractivity contribution in [2.75, 3.05) is 31.6 Å². The van der Waals surface area contributed by atoms with Gasteiger partial charge in [0.1, 0.15) is 5.82 Å². The first-order valence-electron chi connectivity index (χ1n) is 11.4. The largest absolute Gasteiger partial charge is 0.372 e. The minimum absolute atomic E-state index is 0.227. The van der Waals surface area contributed by atoms with Crippen LogP contribution in [0.15, 0.2) is 47.7 Å². The zero-order valence-corrected chi connectivity index (χ0v) is 19.5. The molecule has 0 amide bonds. The van der Waals surface area contributed by atoms with Gasteiger partial charge in [0.25, 0.3) is 0 Å². The standard InChI is InChI=1S/C25H34N6O/c1-17-5-7-22-21(14-28-23(22)11-17)9-10-27-25(26-4)30-13-20-6-8-24(29-12-20)31-15-18(2)32-19(3)16-31/h5-8,11-12,14,18-19,28H,9-10,13,15-16H2,1-4H3,(H2,26,27,30). The summed E-state index contributed by atoms with van der Waals surface area (Å²) in [7, 11) is 1.80. The van der Waals surface area contributed by atoms with Crippen LogP contribution in [0, 0.1) is 6.92 Å². The van der Waals surface area contributed by atoms with Crippen LogP contribution in [0.5, 0.6) is 0 Å². The van der Waals surface area contributed by atoms with Crippen LogP contribution in [0.1, 0.15) is 30.5 Å². The van der Waals surface area contributed by atoms with Crippen LogP contribution in [-0.2, 0) is 17.7 Å². The van der Waals surface area contributed by atoms with Crippen LogP contribution < -0.4 is 15.5 Å². The van der Waals surface area contributed by atoms with Crippen molar-refractivity contribution >= 4 is 22.7 Å². The Bertz CT molecular complexity index is 1050. The summed E-state index contributed by atoms with van der Waals surface area (Å²) in [5.41, 5.74) is 4.90. The number of pyridine rings is 1. The number of aliphatic imine (C=N–C) groups is 1. The van der Waals surface area contributed by atoms with E-state index in [1.54, 1.807) is 7.05 Å². The maximum atomic E-state index is 5.82. The zero-order chi connectivity index (χ0) is 22.5. The number of aromatic nitrogens is 2. The highest BCUT2D eigenvalue weighted by Crippen LogP contribution is 2.20. The smallest absolute Gasteiger partial charge is 0.191 e. The summed E-state index contributed by atoms with van der Waals surface area (Å²) in [5, 5.41) is 8.08. The Kier molecular flexibility index (Phi) is 6.95. The van der Waals surface area contributed by atoms with Crippen LogP contribution >= 0.6 is 0 Å². The molecule has 3 heterocycles. The predicted octanol–water partition coefficient (Wildman–Crippen LogP) is 3.39. The Morgan fingerprint density at radius 3 is 2.72 bits per heavy atom. The second kappa shape index (κ2) is 10.0. The number of hydrogen-bond acceptors (Lipinski definition) is 4. The van der Waals surface area contributed by atoms with Gasteiger partial charge in [0, 0.05) is 56.5 Å². The monoisotopic (exact) mass is 434 g/mol. The van der Waals surface area contributed by atoms with Crippen molar-refractivity contribution in [3.63, 3.8) is 0 Å². The van der Waals surface area contributed by atoms with Gasteiger partial charge >= 0.3 is 0 Å². The first-order chi connectivity index (χ1) is 15.5. The van der Waals surface area contributed by atoms with Crippen LogP contribution in [-0.4, -0.2) is 54.8 Å². The molecule has 3 N–H and O–H groups in total. The lowest BCUT2D eigenvalue weighted by molar-refractivity contribution is -0.00545. The molecule has 1 aliphatic rings. The number of aromatic amines is 1. The van der Waals surface area contributed by atoms with Gasteiger partial charge in [-0.2, -0.15) is 0 Å². The molecule has 2 unspecified atom stereocenters. The Morgan fingerprint density at radius 1 is 1.19 bits per heavy atom. The van der Waals surface area contributed by atoms with Gasteiger partial charge in [-0.3, -0.25) is 4.99 Å². The van der Waals surface area contributed by atoms with Crippen molar-refractivity contribution in [1.82, 2.24) is 20.6 Å². The summed E-state index contributed by atoms with van der Waals surface area (Å²) in [6, 6.07) is 10.8. The quantitative estimate of drug-likeness (QED) is 0.409. The molecular weight excluding hydrogens is 400 g/mol. The number of nitrogens with zero attached hydrogens (tertiary/aromatic N) is 3. The number of morpholine rings is 1. The van der Waals surface area contributed by atoms with Gasteiger partial charge in [0.05, 0.1) is 12.2 Å². The molecule has 4 rings (SSSR count). The van der Waals surface area contributed by atoms with E-state index in [1.165, 1.54) is 22.0 Å². The molecule has 32 heavy (non-hydrogen) atoms. The topological polar surface area (TPSA) is 77.6 Å². The first-order valence-corrected chi connectivity index (χ1v) is 11.4. The fourth-order valence-electron chi connectivity index (χ4n) is 4.30. The van der Waals surface area contributed by atoms with E-state index in [-0.39, 0.29) is 12.2 Å². The second-order valence-electron chi connectivity index (χ2n) is 8.65. The highest BCUT2D eigenvalue weighted by molar-refractivity contribution is 5.84. The van der Waals surface area contributed by atoms with Gasteiger partial charge < -0.3 is 25.3 Å². The number of H-pyrrole nitrogens is 1. The van der Waals surface area contributed by atoms with E-state index in [0.717, 1.165) is 43.4 Å². The maximum absolute atomic E-state index is 5.82. The third-order valence-corrected chi connectivity index (χ3v) is 5.85. The van der Waals surface area contributed by atoms with Gasteiger partial charge in [-0.15, -0.1) is 0 Å². The lowest BCUT2D eigenvalue weighted by Crippen LogP contribution is -2.45. The number of rotatable bonds is 6. The van der Waals surface area contributed by atoms with E-state index in [2.05, 4.69) is 87.8 Å². The van der Waals surface area contributed by atoms with E-state index < -0.39 is 0 Å². The summed E-state index contributed by atoms with van der Waals surface area (Å²) in [5.74, 6) is 1.80. The second-order valence-corrected chi connectivity index (χ2v) is 8.65. The van der Waals surface area contributed by atoms with E-state index in [1.807, 2.05) is 6.20 Å². The Balaban J connectivity index is 1.26.